The monoisotopic (exact) mass is 618 g/mol. The van der Waals surface area contributed by atoms with E-state index in [0.717, 1.165) is 49.9 Å². The number of methoxy groups -OCH3 is 2. The number of rotatable bonds is 5. The quantitative estimate of drug-likeness (QED) is 0.218. The number of nitrogens with one attached hydrogen (secondary N) is 1. The molecule has 1 aromatic heterocycles. The summed E-state index contributed by atoms with van der Waals surface area (Å²) in [7, 11) is 3.25. The van der Waals surface area contributed by atoms with Crippen molar-refractivity contribution < 1.29 is 9.47 Å². The molecule has 2 aliphatic heterocycles. The summed E-state index contributed by atoms with van der Waals surface area (Å²) in [5, 5.41) is 8.54. The third kappa shape index (κ3) is 4.33. The molecule has 3 heterocycles. The molecule has 9 heteroatoms. The molecule has 5 aromatic rings. The van der Waals surface area contributed by atoms with Gasteiger partial charge >= 0.3 is 0 Å². The van der Waals surface area contributed by atoms with Gasteiger partial charge in [0.1, 0.15) is 0 Å². The van der Waals surface area contributed by atoms with Crippen LogP contribution in [0.2, 0.25) is 0 Å². The number of para-hydroxylation sites is 3. The Balaban J connectivity index is 1.47. The number of hydrogen-bond acceptors (Lipinski definition) is 7. The van der Waals surface area contributed by atoms with Crippen molar-refractivity contribution in [2.75, 3.05) is 24.4 Å². The first-order valence-electron chi connectivity index (χ1n) is 13.5. The summed E-state index contributed by atoms with van der Waals surface area (Å²) in [5.41, 5.74) is 6.61. The third-order valence-electron chi connectivity index (χ3n) is 7.45. The van der Waals surface area contributed by atoms with Gasteiger partial charge in [0.25, 0.3) is 0 Å². The summed E-state index contributed by atoms with van der Waals surface area (Å²) in [6.45, 7) is 2.05. The summed E-state index contributed by atoms with van der Waals surface area (Å²) in [4.78, 5) is 12.6. The molecule has 1 atom stereocenters. The number of amidine groups is 2. The van der Waals surface area contributed by atoms with Gasteiger partial charge in [-0.1, -0.05) is 58.4 Å². The standard InChI is InChI=1S/C33H27BrN6O2/c1-20-29-30(21-10-9-11-22(34)18-21)39-26-15-8-7-14-25(26)36-31(35-23-16-17-27(41-2)28(19-23)42-3)33(39)37-32(29)40(38-20)24-12-5-4-6-13-24/h4-19,30H,1-3H3,(H,35,36)/t30-/m1/s1. The van der Waals surface area contributed by atoms with Gasteiger partial charge in [-0.2, -0.15) is 5.10 Å². The maximum Gasteiger partial charge on any atom is 0.179 e. The molecule has 0 fully saturated rings. The first-order chi connectivity index (χ1) is 20.6. The van der Waals surface area contributed by atoms with E-state index >= 15 is 0 Å². The summed E-state index contributed by atoms with van der Waals surface area (Å²) < 4.78 is 13.9. The van der Waals surface area contributed by atoms with Crippen molar-refractivity contribution in [1.82, 2.24) is 9.78 Å². The molecule has 2 aliphatic rings. The highest BCUT2D eigenvalue weighted by Gasteiger charge is 2.41. The maximum atomic E-state index is 5.57. The fourth-order valence-electron chi connectivity index (χ4n) is 5.59. The lowest BCUT2D eigenvalue weighted by Crippen LogP contribution is -2.46. The molecular weight excluding hydrogens is 592 g/mol. The molecule has 0 amide bonds. The van der Waals surface area contributed by atoms with Gasteiger partial charge in [-0.25, -0.2) is 14.7 Å². The summed E-state index contributed by atoms with van der Waals surface area (Å²) in [5.74, 6) is 3.35. The van der Waals surface area contributed by atoms with Crippen LogP contribution in [0.1, 0.15) is 22.9 Å². The van der Waals surface area contributed by atoms with Gasteiger partial charge in [0.2, 0.25) is 0 Å². The Bertz CT molecular complexity index is 1880. The van der Waals surface area contributed by atoms with Gasteiger partial charge in [-0.15, -0.1) is 0 Å². The van der Waals surface area contributed by atoms with Crippen LogP contribution in [0, 0.1) is 6.92 Å². The molecule has 208 valence electrons. The fraction of sp³-hybridized carbons (Fsp3) is 0.121. The van der Waals surface area contributed by atoms with Gasteiger partial charge in [-0.05, 0) is 61.0 Å². The maximum absolute atomic E-state index is 5.57. The Hall–Kier alpha value is -4.89. The van der Waals surface area contributed by atoms with E-state index in [-0.39, 0.29) is 6.04 Å². The topological polar surface area (TPSA) is 76.3 Å². The zero-order chi connectivity index (χ0) is 28.8. The van der Waals surface area contributed by atoms with Gasteiger partial charge in [-0.3, -0.25) is 0 Å². The van der Waals surface area contributed by atoms with Crippen molar-refractivity contribution in [3.63, 3.8) is 0 Å². The molecule has 0 saturated heterocycles. The highest BCUT2D eigenvalue weighted by Crippen LogP contribution is 2.48. The molecule has 0 bridgehead atoms. The fourth-order valence-corrected chi connectivity index (χ4v) is 6.01. The summed E-state index contributed by atoms with van der Waals surface area (Å²) >= 11 is 3.70. The van der Waals surface area contributed by atoms with E-state index in [4.69, 9.17) is 24.6 Å². The van der Waals surface area contributed by atoms with E-state index in [1.807, 2.05) is 77.5 Å². The molecule has 0 unspecified atom stereocenters. The Labute approximate surface area is 252 Å². The van der Waals surface area contributed by atoms with Crippen molar-refractivity contribution in [3.05, 3.63) is 118 Å². The minimum absolute atomic E-state index is 0.207. The Morgan fingerprint density at radius 1 is 0.810 bits per heavy atom. The Morgan fingerprint density at radius 3 is 2.38 bits per heavy atom. The number of aryl methyl sites for hydroxylation is 1. The Morgan fingerprint density at radius 2 is 1.60 bits per heavy atom. The lowest BCUT2D eigenvalue weighted by atomic mass is 9.93. The minimum atomic E-state index is -0.207. The second-order valence-corrected chi connectivity index (χ2v) is 10.9. The van der Waals surface area contributed by atoms with E-state index in [1.54, 1.807) is 14.2 Å². The van der Waals surface area contributed by atoms with Gasteiger partial charge < -0.3 is 19.7 Å². The number of nitrogens with zero attached hydrogens (tertiary/aromatic N) is 5. The SMILES string of the molecule is COc1ccc(NC2=Nc3ccccc3N3C2=Nc2c(c(C)nn2-c2ccccc2)[C@H]3c2cccc(Br)c2)cc1OC. The van der Waals surface area contributed by atoms with Crippen LogP contribution in [0.25, 0.3) is 5.69 Å². The van der Waals surface area contributed by atoms with Gasteiger partial charge in [0.05, 0.1) is 43.0 Å². The van der Waals surface area contributed by atoms with Crippen molar-refractivity contribution in [1.29, 1.82) is 0 Å². The van der Waals surface area contributed by atoms with Crippen LogP contribution >= 0.6 is 15.9 Å². The minimum Gasteiger partial charge on any atom is -0.493 e. The third-order valence-corrected chi connectivity index (χ3v) is 7.94. The van der Waals surface area contributed by atoms with Crippen LogP contribution in [0.5, 0.6) is 11.5 Å². The zero-order valence-corrected chi connectivity index (χ0v) is 24.8. The highest BCUT2D eigenvalue weighted by atomic mass is 79.9. The van der Waals surface area contributed by atoms with E-state index in [0.29, 0.717) is 23.2 Å². The molecule has 0 saturated carbocycles. The molecule has 1 N–H and O–H groups in total. The molecule has 0 aliphatic carbocycles. The van der Waals surface area contributed by atoms with Crippen molar-refractivity contribution in [2.24, 2.45) is 9.98 Å². The number of benzene rings is 4. The first kappa shape index (κ1) is 26.0. The normalized spacial score (nSPS) is 15.1. The number of anilines is 2. The number of halogens is 1. The number of aromatic nitrogens is 2. The molecule has 0 radical (unpaired) electrons. The van der Waals surface area contributed by atoms with Crippen LogP contribution in [-0.4, -0.2) is 35.7 Å². The predicted molar refractivity (Wildman–Crippen MR) is 171 cm³/mol. The van der Waals surface area contributed by atoms with E-state index in [2.05, 4.69) is 57.3 Å². The van der Waals surface area contributed by atoms with Crippen molar-refractivity contribution in [2.45, 2.75) is 13.0 Å². The number of hydrogen-bond donors (Lipinski definition) is 1. The summed E-state index contributed by atoms with van der Waals surface area (Å²) in [6, 6.07) is 32.2. The zero-order valence-electron chi connectivity index (χ0n) is 23.2. The molecule has 0 spiro atoms. The molecule has 8 nitrogen and oxygen atoms in total. The van der Waals surface area contributed by atoms with Crippen LogP contribution < -0.4 is 19.7 Å². The number of ether oxygens (including phenoxy) is 2. The highest BCUT2D eigenvalue weighted by molar-refractivity contribution is 9.10. The van der Waals surface area contributed by atoms with Gasteiger partial charge in [0.15, 0.2) is 29.0 Å². The van der Waals surface area contributed by atoms with Crippen LogP contribution in [0.3, 0.4) is 0 Å². The van der Waals surface area contributed by atoms with Crippen LogP contribution in [-0.2, 0) is 0 Å². The molecular formula is C33H27BrN6O2. The largest absolute Gasteiger partial charge is 0.493 e. The first-order valence-corrected chi connectivity index (χ1v) is 14.3. The second-order valence-electron chi connectivity index (χ2n) is 9.98. The lowest BCUT2D eigenvalue weighted by Gasteiger charge is -2.40. The second kappa shape index (κ2) is 10.5. The van der Waals surface area contributed by atoms with E-state index in [1.165, 1.54) is 0 Å². The van der Waals surface area contributed by atoms with E-state index in [9.17, 15) is 0 Å². The number of aliphatic imine (C=N–C) groups is 2. The molecule has 4 aromatic carbocycles. The molecule has 7 rings (SSSR count). The lowest BCUT2D eigenvalue weighted by molar-refractivity contribution is 0.355. The van der Waals surface area contributed by atoms with E-state index < -0.39 is 0 Å². The van der Waals surface area contributed by atoms with Crippen LogP contribution in [0.15, 0.2) is 112 Å². The van der Waals surface area contributed by atoms with Crippen molar-refractivity contribution in [3.8, 4) is 17.2 Å². The Kier molecular flexibility index (Phi) is 6.51. The smallest absolute Gasteiger partial charge is 0.179 e. The average molecular weight is 620 g/mol. The van der Waals surface area contributed by atoms with Crippen molar-refractivity contribution >= 4 is 50.5 Å². The van der Waals surface area contributed by atoms with Gasteiger partial charge in [0, 0.05) is 21.8 Å². The average Bonchev–Trinajstić information content (AvgIpc) is 3.36. The van der Waals surface area contributed by atoms with Crippen LogP contribution in [0.4, 0.5) is 22.9 Å². The molecule has 42 heavy (non-hydrogen) atoms. The predicted octanol–water partition coefficient (Wildman–Crippen LogP) is 7.76. The number of fused-ring (bicyclic) bond motifs is 4. The summed E-state index contributed by atoms with van der Waals surface area (Å²) in [6.07, 6.45) is 0.